The van der Waals surface area contributed by atoms with E-state index in [2.05, 4.69) is 0 Å². The molecule has 0 aliphatic heterocycles. The molecular weight excluding hydrogens is 306 g/mol. The molecule has 0 atom stereocenters. The average Bonchev–Trinajstić information content (AvgIpc) is 2.34. The summed E-state index contributed by atoms with van der Waals surface area (Å²) < 4.78 is 79.6. The van der Waals surface area contributed by atoms with Crippen LogP contribution in [0.15, 0.2) is 12.1 Å². The maximum atomic E-state index is 13.3. The lowest BCUT2D eigenvalue weighted by molar-refractivity contribution is -0.142. The molecule has 126 valence electrons. The molecule has 0 nitrogen and oxygen atoms in total. The Bertz CT molecular complexity index is 535. The zero-order valence-electron chi connectivity index (χ0n) is 13.2. The fraction of sp³-hybridized carbons (Fsp3) is 0.625. The van der Waals surface area contributed by atoms with Gasteiger partial charge in [0, 0.05) is 0 Å². The molecule has 0 unspecified atom stereocenters. The van der Waals surface area contributed by atoms with Crippen molar-refractivity contribution >= 4 is 0 Å². The molecule has 22 heavy (non-hydrogen) atoms. The SMILES string of the molecule is CCC(C)(C)c1cc(C(F)(F)F)c(C(C)C)cc1C(F)(F)F. The second-order valence-electron chi connectivity index (χ2n) is 6.37. The first kappa shape index (κ1) is 18.8. The lowest BCUT2D eigenvalue weighted by Crippen LogP contribution is -2.24. The maximum absolute atomic E-state index is 13.3. The number of benzene rings is 1. The molecule has 0 aliphatic rings. The van der Waals surface area contributed by atoms with Gasteiger partial charge in [-0.05, 0) is 41.0 Å². The minimum atomic E-state index is -4.68. The Hall–Kier alpha value is -1.20. The highest BCUT2D eigenvalue weighted by atomic mass is 19.4. The van der Waals surface area contributed by atoms with Gasteiger partial charge in [0.05, 0.1) is 11.1 Å². The monoisotopic (exact) mass is 326 g/mol. The first-order valence-corrected chi connectivity index (χ1v) is 7.04. The minimum absolute atomic E-state index is 0.300. The van der Waals surface area contributed by atoms with E-state index in [9.17, 15) is 26.3 Å². The van der Waals surface area contributed by atoms with Crippen molar-refractivity contribution in [3.63, 3.8) is 0 Å². The molecule has 0 N–H and O–H groups in total. The second-order valence-corrected chi connectivity index (χ2v) is 6.37. The van der Waals surface area contributed by atoms with Crippen molar-refractivity contribution in [1.29, 1.82) is 0 Å². The van der Waals surface area contributed by atoms with Gasteiger partial charge in [-0.25, -0.2) is 0 Å². The van der Waals surface area contributed by atoms with Gasteiger partial charge in [0.2, 0.25) is 0 Å². The third kappa shape index (κ3) is 3.76. The van der Waals surface area contributed by atoms with Gasteiger partial charge < -0.3 is 0 Å². The summed E-state index contributed by atoms with van der Waals surface area (Å²) in [4.78, 5) is 0. The van der Waals surface area contributed by atoms with E-state index in [0.717, 1.165) is 0 Å². The summed E-state index contributed by atoms with van der Waals surface area (Å²) in [5.41, 5.74) is -3.59. The molecule has 0 radical (unpaired) electrons. The van der Waals surface area contributed by atoms with E-state index in [4.69, 9.17) is 0 Å². The van der Waals surface area contributed by atoms with Gasteiger partial charge in [0.25, 0.3) is 0 Å². The van der Waals surface area contributed by atoms with Crippen LogP contribution in [0, 0.1) is 0 Å². The molecule has 0 amide bonds. The zero-order valence-corrected chi connectivity index (χ0v) is 13.2. The molecular formula is C16H20F6. The van der Waals surface area contributed by atoms with E-state index in [1.54, 1.807) is 6.92 Å². The highest BCUT2D eigenvalue weighted by Crippen LogP contribution is 2.45. The molecule has 0 saturated heterocycles. The van der Waals surface area contributed by atoms with Gasteiger partial charge in [-0.2, -0.15) is 26.3 Å². The third-order valence-electron chi connectivity index (χ3n) is 4.04. The third-order valence-corrected chi connectivity index (χ3v) is 4.04. The quantitative estimate of drug-likeness (QED) is 0.554. The van der Waals surface area contributed by atoms with Crippen molar-refractivity contribution in [2.75, 3.05) is 0 Å². The summed E-state index contributed by atoms with van der Waals surface area (Å²) in [6, 6.07) is 1.35. The van der Waals surface area contributed by atoms with E-state index in [1.165, 1.54) is 27.7 Å². The Morgan fingerprint density at radius 3 is 1.59 bits per heavy atom. The number of hydrogen-bond acceptors (Lipinski definition) is 0. The average molecular weight is 326 g/mol. The van der Waals surface area contributed by atoms with Crippen LogP contribution in [0.3, 0.4) is 0 Å². The van der Waals surface area contributed by atoms with Crippen LogP contribution in [-0.4, -0.2) is 0 Å². The Morgan fingerprint density at radius 2 is 1.27 bits per heavy atom. The van der Waals surface area contributed by atoms with Crippen molar-refractivity contribution < 1.29 is 26.3 Å². The van der Waals surface area contributed by atoms with Crippen molar-refractivity contribution in [3.05, 3.63) is 34.4 Å². The normalized spacial score (nSPS) is 13.8. The first-order valence-electron chi connectivity index (χ1n) is 7.04. The largest absolute Gasteiger partial charge is 0.416 e. The van der Waals surface area contributed by atoms with E-state index < -0.39 is 34.8 Å². The Labute approximate surface area is 126 Å². The summed E-state index contributed by atoms with van der Waals surface area (Å²) in [5.74, 6) is -0.656. The van der Waals surface area contributed by atoms with Gasteiger partial charge in [0.1, 0.15) is 0 Å². The maximum Gasteiger partial charge on any atom is 0.416 e. The molecule has 1 aromatic carbocycles. The van der Waals surface area contributed by atoms with Crippen molar-refractivity contribution in [1.82, 2.24) is 0 Å². The lowest BCUT2D eigenvalue weighted by Gasteiger charge is -2.30. The molecule has 0 spiro atoms. The van der Waals surface area contributed by atoms with Crippen molar-refractivity contribution in [2.45, 2.75) is 64.7 Å². The van der Waals surface area contributed by atoms with Gasteiger partial charge in [-0.1, -0.05) is 34.6 Å². The van der Waals surface area contributed by atoms with Crippen LogP contribution in [0.25, 0.3) is 0 Å². The summed E-state index contributed by atoms with van der Waals surface area (Å²) in [5, 5.41) is 0. The molecule has 0 aromatic heterocycles. The molecule has 0 saturated carbocycles. The summed E-state index contributed by atoms with van der Waals surface area (Å²) in [6.45, 7) is 7.61. The van der Waals surface area contributed by atoms with Crippen molar-refractivity contribution in [2.24, 2.45) is 0 Å². The van der Waals surface area contributed by atoms with Crippen LogP contribution in [0.2, 0.25) is 0 Å². The van der Waals surface area contributed by atoms with Crippen LogP contribution >= 0.6 is 0 Å². The molecule has 1 aromatic rings. The fourth-order valence-electron chi connectivity index (χ4n) is 2.32. The number of rotatable bonds is 3. The van der Waals surface area contributed by atoms with E-state index in [1.807, 2.05) is 0 Å². The van der Waals surface area contributed by atoms with E-state index in [-0.39, 0.29) is 11.1 Å². The van der Waals surface area contributed by atoms with Crippen LogP contribution < -0.4 is 0 Å². The van der Waals surface area contributed by atoms with Crippen LogP contribution in [0.5, 0.6) is 0 Å². The second kappa shape index (κ2) is 5.78. The molecule has 0 bridgehead atoms. The zero-order chi connectivity index (χ0) is 17.5. The minimum Gasteiger partial charge on any atom is -0.166 e. The Balaban J connectivity index is 3.82. The molecule has 0 aliphatic carbocycles. The Morgan fingerprint density at radius 1 is 0.818 bits per heavy atom. The summed E-state index contributed by atoms with van der Waals surface area (Å²) in [6.07, 6.45) is -9.06. The Kier molecular flexibility index (Phi) is 4.95. The fourth-order valence-corrected chi connectivity index (χ4v) is 2.32. The van der Waals surface area contributed by atoms with Crippen LogP contribution in [0.1, 0.15) is 69.2 Å². The number of halogens is 6. The summed E-state index contributed by atoms with van der Waals surface area (Å²) in [7, 11) is 0. The highest BCUT2D eigenvalue weighted by molar-refractivity contribution is 5.46. The topological polar surface area (TPSA) is 0 Å². The van der Waals surface area contributed by atoms with Crippen molar-refractivity contribution in [3.8, 4) is 0 Å². The molecule has 1 rings (SSSR count). The van der Waals surface area contributed by atoms with Gasteiger partial charge in [-0.15, -0.1) is 0 Å². The number of hydrogen-bond donors (Lipinski definition) is 0. The molecule has 0 heterocycles. The first-order chi connectivity index (χ1) is 9.71. The lowest BCUT2D eigenvalue weighted by atomic mass is 9.77. The van der Waals surface area contributed by atoms with Crippen LogP contribution in [-0.2, 0) is 17.8 Å². The smallest absolute Gasteiger partial charge is 0.166 e. The predicted octanol–water partition coefficient (Wildman–Crippen LogP) is 6.54. The standard InChI is InChI=1S/C16H20F6/c1-6-14(4,5)12-8-11(15(17,18)19)10(9(2)3)7-13(12)16(20,21)22/h7-9H,6H2,1-5H3. The van der Waals surface area contributed by atoms with Crippen LogP contribution in [0.4, 0.5) is 26.3 Å². The van der Waals surface area contributed by atoms with Gasteiger partial charge >= 0.3 is 12.4 Å². The van der Waals surface area contributed by atoms with Gasteiger partial charge in [0.15, 0.2) is 0 Å². The van der Waals surface area contributed by atoms with E-state index in [0.29, 0.717) is 18.6 Å². The predicted molar refractivity (Wildman–Crippen MR) is 73.9 cm³/mol. The number of alkyl halides is 6. The van der Waals surface area contributed by atoms with Gasteiger partial charge in [-0.3, -0.25) is 0 Å². The molecule has 0 fully saturated rings. The van der Waals surface area contributed by atoms with E-state index >= 15 is 0 Å². The summed E-state index contributed by atoms with van der Waals surface area (Å²) >= 11 is 0. The highest BCUT2D eigenvalue weighted by Gasteiger charge is 2.42. The molecule has 6 heteroatoms.